The molecule has 0 saturated carbocycles. The van der Waals surface area contributed by atoms with Crippen LogP contribution in [0.5, 0.6) is 0 Å². The number of rotatable bonds is 3. The topological polar surface area (TPSA) is 41.3 Å². The molecule has 2 rings (SSSR count). The van der Waals surface area contributed by atoms with Crippen molar-refractivity contribution in [1.82, 2.24) is 9.55 Å². The van der Waals surface area contributed by atoms with Crippen molar-refractivity contribution in [3.05, 3.63) is 12.4 Å². The summed E-state index contributed by atoms with van der Waals surface area (Å²) in [5.74, 6) is 1.48. The minimum Gasteiger partial charge on any atom is -0.396 e. The number of aliphatic hydroxyl groups is 1. The van der Waals surface area contributed by atoms with E-state index in [4.69, 9.17) is 5.11 Å². The zero-order valence-corrected chi connectivity index (χ0v) is 7.85. The van der Waals surface area contributed by atoms with E-state index in [0.29, 0.717) is 12.5 Å². The van der Waals surface area contributed by atoms with Crippen LogP contribution in [0.15, 0.2) is 12.4 Å². The Balaban J connectivity index is 2.02. The molecule has 0 amide bonds. The minimum absolute atomic E-state index is 0.295. The van der Waals surface area contributed by atoms with Crippen molar-refractivity contribution in [2.75, 3.05) is 24.6 Å². The number of hydrogen-bond acceptors (Lipinski definition) is 3. The van der Waals surface area contributed by atoms with Crippen LogP contribution in [0.25, 0.3) is 0 Å². The molecule has 0 aliphatic carbocycles. The molecule has 13 heavy (non-hydrogen) atoms. The summed E-state index contributed by atoms with van der Waals surface area (Å²) in [6.07, 6.45) is 3.81. The average molecular weight is 181 g/mol. The highest BCUT2D eigenvalue weighted by molar-refractivity contribution is 5.35. The summed E-state index contributed by atoms with van der Waals surface area (Å²) in [6, 6.07) is 0. The van der Waals surface area contributed by atoms with Gasteiger partial charge >= 0.3 is 0 Å². The van der Waals surface area contributed by atoms with Crippen molar-refractivity contribution < 1.29 is 5.11 Å². The molecule has 0 atom stereocenters. The first-order chi connectivity index (χ1) is 6.35. The van der Waals surface area contributed by atoms with Gasteiger partial charge < -0.3 is 14.6 Å². The summed E-state index contributed by atoms with van der Waals surface area (Å²) >= 11 is 0. The monoisotopic (exact) mass is 181 g/mol. The van der Waals surface area contributed by atoms with Crippen LogP contribution in [0, 0.1) is 5.92 Å². The highest BCUT2D eigenvalue weighted by Gasteiger charge is 2.28. The Morgan fingerprint density at radius 3 is 3.00 bits per heavy atom. The molecular formula is C9H15N3O. The second-order valence-corrected chi connectivity index (χ2v) is 3.47. The molecule has 72 valence electrons. The molecule has 1 aliphatic heterocycles. The van der Waals surface area contributed by atoms with Crippen LogP contribution in [0.1, 0.15) is 6.92 Å². The number of anilines is 1. The van der Waals surface area contributed by atoms with Crippen LogP contribution in [-0.4, -0.2) is 34.4 Å². The maximum Gasteiger partial charge on any atom is 0.205 e. The summed E-state index contributed by atoms with van der Waals surface area (Å²) in [4.78, 5) is 6.48. The van der Waals surface area contributed by atoms with Gasteiger partial charge in [-0.15, -0.1) is 0 Å². The summed E-state index contributed by atoms with van der Waals surface area (Å²) < 4.78 is 2.12. The van der Waals surface area contributed by atoms with Gasteiger partial charge in [-0.2, -0.15) is 0 Å². The first kappa shape index (κ1) is 8.56. The fraction of sp³-hybridized carbons (Fsp3) is 0.667. The van der Waals surface area contributed by atoms with Gasteiger partial charge in [0, 0.05) is 44.6 Å². The van der Waals surface area contributed by atoms with Gasteiger partial charge in [-0.1, -0.05) is 0 Å². The van der Waals surface area contributed by atoms with Gasteiger partial charge in [-0.05, 0) is 6.92 Å². The van der Waals surface area contributed by atoms with E-state index in [0.717, 1.165) is 25.6 Å². The molecule has 1 fully saturated rings. The van der Waals surface area contributed by atoms with Gasteiger partial charge in [0.2, 0.25) is 5.95 Å². The second kappa shape index (κ2) is 3.38. The van der Waals surface area contributed by atoms with Crippen molar-refractivity contribution in [3.8, 4) is 0 Å². The standard InChI is InChI=1S/C9H15N3O/c1-2-11-4-3-10-9(11)12-5-8(6-12)7-13/h3-4,8,13H,2,5-7H2,1H3. The van der Waals surface area contributed by atoms with Crippen LogP contribution in [0.4, 0.5) is 5.95 Å². The van der Waals surface area contributed by atoms with Gasteiger partial charge in [-0.3, -0.25) is 0 Å². The predicted octanol–water partition coefficient (Wildman–Crippen LogP) is 0.331. The Hall–Kier alpha value is -1.03. The van der Waals surface area contributed by atoms with Crippen LogP contribution >= 0.6 is 0 Å². The Morgan fingerprint density at radius 1 is 1.62 bits per heavy atom. The Morgan fingerprint density at radius 2 is 2.38 bits per heavy atom. The molecule has 1 N–H and O–H groups in total. The van der Waals surface area contributed by atoms with E-state index < -0.39 is 0 Å². The molecule has 2 heterocycles. The number of aryl methyl sites for hydroxylation is 1. The number of hydrogen-bond donors (Lipinski definition) is 1. The summed E-state index contributed by atoms with van der Waals surface area (Å²) in [6.45, 7) is 5.23. The summed E-state index contributed by atoms with van der Waals surface area (Å²) in [5.41, 5.74) is 0. The molecule has 1 saturated heterocycles. The van der Waals surface area contributed by atoms with Gasteiger partial charge in [0.25, 0.3) is 0 Å². The van der Waals surface area contributed by atoms with Crippen molar-refractivity contribution >= 4 is 5.95 Å². The van der Waals surface area contributed by atoms with Crippen LogP contribution in [0.3, 0.4) is 0 Å². The molecule has 1 aromatic heterocycles. The zero-order chi connectivity index (χ0) is 9.26. The first-order valence-corrected chi connectivity index (χ1v) is 4.72. The third-order valence-electron chi connectivity index (χ3n) is 2.53. The first-order valence-electron chi connectivity index (χ1n) is 4.72. The zero-order valence-electron chi connectivity index (χ0n) is 7.85. The summed E-state index contributed by atoms with van der Waals surface area (Å²) in [7, 11) is 0. The highest BCUT2D eigenvalue weighted by atomic mass is 16.3. The van der Waals surface area contributed by atoms with E-state index in [-0.39, 0.29) is 0 Å². The Labute approximate surface area is 77.8 Å². The fourth-order valence-electron chi connectivity index (χ4n) is 1.68. The van der Waals surface area contributed by atoms with E-state index in [9.17, 15) is 0 Å². The largest absolute Gasteiger partial charge is 0.396 e. The van der Waals surface area contributed by atoms with E-state index in [1.165, 1.54) is 0 Å². The van der Waals surface area contributed by atoms with Gasteiger partial charge in [-0.25, -0.2) is 4.98 Å². The normalized spacial score (nSPS) is 17.5. The lowest BCUT2D eigenvalue weighted by molar-refractivity contribution is 0.199. The number of nitrogens with zero attached hydrogens (tertiary/aromatic N) is 3. The van der Waals surface area contributed by atoms with E-state index in [1.807, 2.05) is 12.4 Å². The maximum atomic E-state index is 8.87. The highest BCUT2D eigenvalue weighted by Crippen LogP contribution is 2.22. The molecule has 4 heteroatoms. The number of imidazole rings is 1. The van der Waals surface area contributed by atoms with Crippen LogP contribution in [-0.2, 0) is 6.54 Å². The third-order valence-corrected chi connectivity index (χ3v) is 2.53. The molecule has 0 unspecified atom stereocenters. The lowest BCUT2D eigenvalue weighted by Gasteiger charge is -2.39. The van der Waals surface area contributed by atoms with E-state index in [1.54, 1.807) is 0 Å². The van der Waals surface area contributed by atoms with Crippen molar-refractivity contribution in [1.29, 1.82) is 0 Å². The second-order valence-electron chi connectivity index (χ2n) is 3.47. The van der Waals surface area contributed by atoms with Gasteiger partial charge in [0.05, 0.1) is 0 Å². The molecular weight excluding hydrogens is 166 g/mol. The summed E-state index contributed by atoms with van der Waals surface area (Å²) in [5, 5.41) is 8.87. The smallest absolute Gasteiger partial charge is 0.205 e. The molecule has 4 nitrogen and oxygen atoms in total. The third kappa shape index (κ3) is 1.42. The van der Waals surface area contributed by atoms with Crippen molar-refractivity contribution in [2.24, 2.45) is 5.92 Å². The van der Waals surface area contributed by atoms with Crippen LogP contribution < -0.4 is 4.90 Å². The number of aromatic nitrogens is 2. The molecule has 0 spiro atoms. The molecule has 0 bridgehead atoms. The van der Waals surface area contributed by atoms with Crippen molar-refractivity contribution in [3.63, 3.8) is 0 Å². The van der Waals surface area contributed by atoms with Gasteiger partial charge in [0.15, 0.2) is 0 Å². The predicted molar refractivity (Wildman–Crippen MR) is 50.7 cm³/mol. The van der Waals surface area contributed by atoms with E-state index in [2.05, 4.69) is 21.4 Å². The average Bonchev–Trinajstić information content (AvgIpc) is 2.50. The van der Waals surface area contributed by atoms with E-state index >= 15 is 0 Å². The quantitative estimate of drug-likeness (QED) is 0.730. The fourth-order valence-corrected chi connectivity index (χ4v) is 1.68. The lowest BCUT2D eigenvalue weighted by atomic mass is 10.0. The van der Waals surface area contributed by atoms with Crippen molar-refractivity contribution in [2.45, 2.75) is 13.5 Å². The van der Waals surface area contributed by atoms with Gasteiger partial charge in [0.1, 0.15) is 0 Å². The molecule has 0 radical (unpaired) electrons. The molecule has 1 aromatic rings. The molecule has 1 aliphatic rings. The SMILES string of the molecule is CCn1ccnc1N1CC(CO)C1. The number of aliphatic hydroxyl groups excluding tert-OH is 1. The van der Waals surface area contributed by atoms with Crippen LogP contribution in [0.2, 0.25) is 0 Å². The lowest BCUT2D eigenvalue weighted by Crippen LogP contribution is -2.49. The molecule has 0 aromatic carbocycles. The minimum atomic E-state index is 0.295. The Kier molecular flexibility index (Phi) is 2.22. The maximum absolute atomic E-state index is 8.87. The Bertz CT molecular complexity index is 278.